The fourth-order valence-corrected chi connectivity index (χ4v) is 3.16. The number of nitrogens with zero attached hydrogens (tertiary/aromatic N) is 1. The highest BCUT2D eigenvalue weighted by atomic mass is 79.9. The van der Waals surface area contributed by atoms with E-state index in [9.17, 15) is 0 Å². The molecule has 1 aromatic carbocycles. The Balaban J connectivity index is 2.17. The molecule has 0 amide bonds. The minimum absolute atomic E-state index is 0.602. The van der Waals surface area contributed by atoms with Gasteiger partial charge >= 0.3 is 0 Å². The molecule has 2 nitrogen and oxygen atoms in total. The van der Waals surface area contributed by atoms with Gasteiger partial charge in [-0.3, -0.25) is 0 Å². The standard InChI is InChI=1S/C14H21BrN2/c1-17(13-5-3-2-4-6-13)14-8-11(10-16)7-12(15)9-14/h7-9,13H,2-6,10,16H2,1H3. The van der Waals surface area contributed by atoms with E-state index in [4.69, 9.17) is 5.73 Å². The quantitative estimate of drug-likeness (QED) is 0.922. The van der Waals surface area contributed by atoms with Crippen LogP contribution in [0.25, 0.3) is 0 Å². The van der Waals surface area contributed by atoms with Crippen molar-refractivity contribution in [2.45, 2.75) is 44.7 Å². The molecule has 3 heteroatoms. The van der Waals surface area contributed by atoms with E-state index in [-0.39, 0.29) is 0 Å². The summed E-state index contributed by atoms with van der Waals surface area (Å²) in [6.07, 6.45) is 6.78. The van der Waals surface area contributed by atoms with Crippen molar-refractivity contribution in [2.75, 3.05) is 11.9 Å². The maximum absolute atomic E-state index is 5.73. The van der Waals surface area contributed by atoms with E-state index in [0.717, 1.165) is 4.47 Å². The molecule has 1 fully saturated rings. The average Bonchev–Trinajstić information content (AvgIpc) is 2.38. The summed E-state index contributed by atoms with van der Waals surface area (Å²) in [5.74, 6) is 0. The van der Waals surface area contributed by atoms with Crippen LogP contribution in [0.5, 0.6) is 0 Å². The van der Waals surface area contributed by atoms with Crippen LogP contribution in [-0.2, 0) is 6.54 Å². The average molecular weight is 297 g/mol. The number of hydrogen-bond acceptors (Lipinski definition) is 2. The van der Waals surface area contributed by atoms with E-state index < -0.39 is 0 Å². The highest BCUT2D eigenvalue weighted by Crippen LogP contribution is 2.28. The first kappa shape index (κ1) is 12.9. The maximum Gasteiger partial charge on any atom is 0.0380 e. The minimum Gasteiger partial charge on any atom is -0.372 e. The largest absolute Gasteiger partial charge is 0.372 e. The van der Waals surface area contributed by atoms with Crippen LogP contribution in [0.15, 0.2) is 22.7 Å². The molecule has 1 aliphatic carbocycles. The second-order valence-electron chi connectivity index (χ2n) is 4.92. The van der Waals surface area contributed by atoms with Crippen LogP contribution in [0.2, 0.25) is 0 Å². The van der Waals surface area contributed by atoms with Gasteiger partial charge in [-0.25, -0.2) is 0 Å². The lowest BCUT2D eigenvalue weighted by Crippen LogP contribution is -2.33. The fourth-order valence-electron chi connectivity index (χ4n) is 2.63. The zero-order chi connectivity index (χ0) is 12.3. The molecule has 0 bridgehead atoms. The molecule has 1 aliphatic rings. The predicted octanol–water partition coefficient (Wildman–Crippen LogP) is 3.68. The SMILES string of the molecule is CN(c1cc(Br)cc(CN)c1)C1CCCCC1. The highest BCUT2D eigenvalue weighted by Gasteiger charge is 2.18. The monoisotopic (exact) mass is 296 g/mol. The Morgan fingerprint density at radius 1 is 1.24 bits per heavy atom. The van der Waals surface area contributed by atoms with Gasteiger partial charge in [0.2, 0.25) is 0 Å². The summed E-state index contributed by atoms with van der Waals surface area (Å²) in [5, 5.41) is 0. The molecule has 0 aromatic heterocycles. The second kappa shape index (κ2) is 5.87. The lowest BCUT2D eigenvalue weighted by molar-refractivity contribution is 0.427. The molecule has 0 atom stereocenters. The summed E-state index contributed by atoms with van der Waals surface area (Å²) in [7, 11) is 2.21. The van der Waals surface area contributed by atoms with Gasteiger partial charge in [-0.1, -0.05) is 35.2 Å². The van der Waals surface area contributed by atoms with Crippen LogP contribution in [-0.4, -0.2) is 13.1 Å². The third-order valence-electron chi connectivity index (χ3n) is 3.71. The van der Waals surface area contributed by atoms with E-state index in [1.54, 1.807) is 0 Å². The third kappa shape index (κ3) is 3.23. The van der Waals surface area contributed by atoms with Crippen molar-refractivity contribution in [3.05, 3.63) is 28.2 Å². The normalized spacial score (nSPS) is 17.1. The van der Waals surface area contributed by atoms with Gasteiger partial charge in [0.15, 0.2) is 0 Å². The van der Waals surface area contributed by atoms with Crippen molar-refractivity contribution in [2.24, 2.45) is 5.73 Å². The van der Waals surface area contributed by atoms with Crippen LogP contribution in [0.4, 0.5) is 5.69 Å². The smallest absolute Gasteiger partial charge is 0.0380 e. The number of benzene rings is 1. The molecule has 0 unspecified atom stereocenters. The first-order valence-electron chi connectivity index (χ1n) is 6.43. The third-order valence-corrected chi connectivity index (χ3v) is 4.17. The molecule has 0 spiro atoms. The lowest BCUT2D eigenvalue weighted by atomic mass is 9.94. The summed E-state index contributed by atoms with van der Waals surface area (Å²) in [5.41, 5.74) is 8.20. The van der Waals surface area contributed by atoms with E-state index >= 15 is 0 Å². The number of halogens is 1. The molecule has 94 valence electrons. The van der Waals surface area contributed by atoms with Gasteiger partial charge in [-0.15, -0.1) is 0 Å². The summed E-state index contributed by atoms with van der Waals surface area (Å²) in [4.78, 5) is 2.42. The van der Waals surface area contributed by atoms with Crippen molar-refractivity contribution in [1.82, 2.24) is 0 Å². The van der Waals surface area contributed by atoms with Crippen LogP contribution in [0.3, 0.4) is 0 Å². The minimum atomic E-state index is 0.602. The van der Waals surface area contributed by atoms with Crippen molar-refractivity contribution >= 4 is 21.6 Å². The van der Waals surface area contributed by atoms with Crippen LogP contribution < -0.4 is 10.6 Å². The van der Waals surface area contributed by atoms with Crippen LogP contribution in [0, 0.1) is 0 Å². The Morgan fingerprint density at radius 3 is 2.59 bits per heavy atom. The topological polar surface area (TPSA) is 29.3 Å². The molecular weight excluding hydrogens is 276 g/mol. The zero-order valence-electron chi connectivity index (χ0n) is 10.5. The first-order chi connectivity index (χ1) is 8.20. The van der Waals surface area contributed by atoms with E-state index in [2.05, 4.69) is 46.1 Å². The number of rotatable bonds is 3. The molecule has 0 saturated heterocycles. The molecule has 0 radical (unpaired) electrons. The molecular formula is C14H21BrN2. The molecule has 2 N–H and O–H groups in total. The van der Waals surface area contributed by atoms with E-state index in [0.29, 0.717) is 12.6 Å². The number of anilines is 1. The highest BCUT2D eigenvalue weighted by molar-refractivity contribution is 9.10. The van der Waals surface area contributed by atoms with Gasteiger partial charge in [0.25, 0.3) is 0 Å². The summed E-state index contributed by atoms with van der Waals surface area (Å²) in [6, 6.07) is 7.19. The summed E-state index contributed by atoms with van der Waals surface area (Å²) < 4.78 is 1.12. The predicted molar refractivity (Wildman–Crippen MR) is 77.3 cm³/mol. The van der Waals surface area contributed by atoms with E-state index in [1.165, 1.54) is 43.4 Å². The van der Waals surface area contributed by atoms with Gasteiger partial charge in [0.05, 0.1) is 0 Å². The van der Waals surface area contributed by atoms with Crippen LogP contribution >= 0.6 is 15.9 Å². The van der Waals surface area contributed by atoms with Gasteiger partial charge in [0, 0.05) is 29.8 Å². The van der Waals surface area contributed by atoms with Gasteiger partial charge in [0.1, 0.15) is 0 Å². The number of hydrogen-bond donors (Lipinski definition) is 1. The maximum atomic E-state index is 5.73. The van der Waals surface area contributed by atoms with Crippen molar-refractivity contribution in [3.8, 4) is 0 Å². The Labute approximate surface area is 112 Å². The molecule has 2 rings (SSSR count). The first-order valence-corrected chi connectivity index (χ1v) is 7.22. The van der Waals surface area contributed by atoms with Crippen LogP contribution in [0.1, 0.15) is 37.7 Å². The van der Waals surface area contributed by atoms with E-state index in [1.807, 2.05) is 0 Å². The summed E-state index contributed by atoms with van der Waals surface area (Å²) >= 11 is 3.56. The van der Waals surface area contributed by atoms with Crippen molar-refractivity contribution in [3.63, 3.8) is 0 Å². The Hall–Kier alpha value is -0.540. The Bertz CT molecular complexity index is 372. The second-order valence-corrected chi connectivity index (χ2v) is 5.84. The molecule has 1 saturated carbocycles. The summed E-state index contributed by atoms with van der Waals surface area (Å²) in [6.45, 7) is 0.602. The molecule has 1 aromatic rings. The fraction of sp³-hybridized carbons (Fsp3) is 0.571. The zero-order valence-corrected chi connectivity index (χ0v) is 12.0. The van der Waals surface area contributed by atoms with Gasteiger partial charge < -0.3 is 10.6 Å². The van der Waals surface area contributed by atoms with Crippen molar-refractivity contribution in [1.29, 1.82) is 0 Å². The lowest BCUT2D eigenvalue weighted by Gasteiger charge is -2.33. The molecule has 17 heavy (non-hydrogen) atoms. The molecule has 0 heterocycles. The van der Waals surface area contributed by atoms with Gasteiger partial charge in [-0.05, 0) is 36.6 Å². The van der Waals surface area contributed by atoms with Gasteiger partial charge in [-0.2, -0.15) is 0 Å². The Morgan fingerprint density at radius 2 is 1.94 bits per heavy atom. The number of nitrogens with two attached hydrogens (primary N) is 1. The van der Waals surface area contributed by atoms with Crippen molar-refractivity contribution < 1.29 is 0 Å². The molecule has 0 aliphatic heterocycles. The Kier molecular flexibility index (Phi) is 4.46.